The minimum Gasteiger partial charge on any atom is -0.398 e. The van der Waals surface area contributed by atoms with Gasteiger partial charge in [-0.25, -0.2) is 4.98 Å². The number of amides is 1. The Morgan fingerprint density at radius 1 is 1.12 bits per heavy atom. The van der Waals surface area contributed by atoms with Gasteiger partial charge in [0.2, 0.25) is 5.91 Å². The quantitative estimate of drug-likeness (QED) is 0.802. The highest BCUT2D eigenvalue weighted by atomic mass is 35.5. The first-order valence-electron chi connectivity index (χ1n) is 8.11. The number of fused-ring (bicyclic) bond motifs is 2. The number of nitrogens with two attached hydrogens (primary N) is 1. The van der Waals surface area contributed by atoms with Crippen LogP contribution < -0.4 is 11.1 Å². The molecule has 0 radical (unpaired) electrons. The number of aryl methyl sites for hydroxylation is 1. The van der Waals surface area contributed by atoms with Gasteiger partial charge in [0.25, 0.3) is 0 Å². The largest absolute Gasteiger partial charge is 0.398 e. The molecule has 0 fully saturated rings. The van der Waals surface area contributed by atoms with Gasteiger partial charge in [-0.05, 0) is 49.8 Å². The SMILES string of the molecule is Nc1c2c(nc3c1CC(c1c(Cl)cccc1Cl)C(=O)N3)CCCC2. The van der Waals surface area contributed by atoms with Crippen LogP contribution in [0.1, 0.15) is 41.1 Å². The molecule has 2 aliphatic rings. The van der Waals surface area contributed by atoms with Gasteiger partial charge in [0.1, 0.15) is 5.82 Å². The number of carbonyl (C=O) groups excluding carboxylic acids is 1. The van der Waals surface area contributed by atoms with E-state index in [9.17, 15) is 4.79 Å². The summed E-state index contributed by atoms with van der Waals surface area (Å²) >= 11 is 12.6. The molecule has 1 aliphatic carbocycles. The standard InChI is InChI=1S/C18H17Cl2N3O/c19-12-5-3-6-13(20)15(12)10-8-11-16(21)9-4-1-2-7-14(9)22-17(11)23-18(10)24/h3,5-6,10H,1-2,4,7-8H2,(H3,21,22,23,24). The maximum Gasteiger partial charge on any atom is 0.233 e. The molecule has 2 aromatic rings. The van der Waals surface area contributed by atoms with Crippen LogP contribution in [0.5, 0.6) is 0 Å². The van der Waals surface area contributed by atoms with Crippen LogP contribution in [-0.2, 0) is 24.1 Å². The van der Waals surface area contributed by atoms with Crippen molar-refractivity contribution in [1.82, 2.24) is 4.98 Å². The van der Waals surface area contributed by atoms with Crippen molar-refractivity contribution < 1.29 is 4.79 Å². The summed E-state index contributed by atoms with van der Waals surface area (Å²) in [6, 6.07) is 5.27. The highest BCUT2D eigenvalue weighted by molar-refractivity contribution is 6.36. The third-order valence-corrected chi connectivity index (χ3v) is 5.60. The second-order valence-corrected chi connectivity index (χ2v) is 7.18. The van der Waals surface area contributed by atoms with E-state index < -0.39 is 5.92 Å². The van der Waals surface area contributed by atoms with E-state index in [4.69, 9.17) is 28.9 Å². The van der Waals surface area contributed by atoms with Crippen LogP contribution in [-0.4, -0.2) is 10.9 Å². The zero-order valence-corrected chi connectivity index (χ0v) is 14.5. The molecule has 2 heterocycles. The van der Waals surface area contributed by atoms with Crippen LogP contribution in [0.4, 0.5) is 11.5 Å². The molecule has 1 aliphatic heterocycles. The Kier molecular flexibility index (Phi) is 3.89. The summed E-state index contributed by atoms with van der Waals surface area (Å²) in [5.41, 5.74) is 10.9. The van der Waals surface area contributed by atoms with Crippen LogP contribution in [0, 0.1) is 0 Å². The van der Waals surface area contributed by atoms with Crippen LogP contribution in [0.3, 0.4) is 0 Å². The number of carbonyl (C=O) groups is 1. The highest BCUT2D eigenvalue weighted by Gasteiger charge is 2.34. The van der Waals surface area contributed by atoms with Gasteiger partial charge in [0, 0.05) is 32.6 Å². The van der Waals surface area contributed by atoms with Crippen molar-refractivity contribution in [2.75, 3.05) is 11.1 Å². The number of nitrogen functional groups attached to an aromatic ring is 1. The van der Waals surface area contributed by atoms with E-state index in [1.54, 1.807) is 18.2 Å². The summed E-state index contributed by atoms with van der Waals surface area (Å²) in [5, 5.41) is 3.90. The molecule has 4 rings (SSSR count). The van der Waals surface area contributed by atoms with E-state index in [2.05, 4.69) is 10.3 Å². The van der Waals surface area contributed by atoms with Gasteiger partial charge >= 0.3 is 0 Å². The molecule has 1 atom stereocenters. The number of anilines is 2. The fourth-order valence-electron chi connectivity index (χ4n) is 3.70. The van der Waals surface area contributed by atoms with Crippen molar-refractivity contribution >= 4 is 40.6 Å². The lowest BCUT2D eigenvalue weighted by molar-refractivity contribution is -0.117. The van der Waals surface area contributed by atoms with Gasteiger partial charge in [-0.1, -0.05) is 29.3 Å². The Morgan fingerprint density at radius 3 is 2.58 bits per heavy atom. The van der Waals surface area contributed by atoms with Crippen molar-refractivity contribution in [3.63, 3.8) is 0 Å². The number of nitrogens with zero attached hydrogens (tertiary/aromatic N) is 1. The van der Waals surface area contributed by atoms with Crippen molar-refractivity contribution in [2.24, 2.45) is 0 Å². The van der Waals surface area contributed by atoms with Gasteiger partial charge in [-0.2, -0.15) is 0 Å². The maximum atomic E-state index is 12.6. The topological polar surface area (TPSA) is 68.0 Å². The Bertz CT molecular complexity index is 830. The summed E-state index contributed by atoms with van der Waals surface area (Å²) in [6.45, 7) is 0. The minimum atomic E-state index is -0.454. The summed E-state index contributed by atoms with van der Waals surface area (Å²) in [7, 11) is 0. The van der Waals surface area contributed by atoms with Gasteiger partial charge in [-0.3, -0.25) is 4.79 Å². The van der Waals surface area contributed by atoms with Crippen molar-refractivity contribution in [3.8, 4) is 0 Å². The van der Waals surface area contributed by atoms with Crippen molar-refractivity contribution in [1.29, 1.82) is 0 Å². The smallest absolute Gasteiger partial charge is 0.233 e. The molecule has 24 heavy (non-hydrogen) atoms. The van der Waals surface area contributed by atoms with E-state index in [-0.39, 0.29) is 5.91 Å². The number of nitrogens with one attached hydrogen (secondary N) is 1. The molecule has 124 valence electrons. The van der Waals surface area contributed by atoms with Crippen molar-refractivity contribution in [3.05, 3.63) is 50.6 Å². The molecule has 0 saturated heterocycles. The average molecular weight is 362 g/mol. The lowest BCUT2D eigenvalue weighted by Crippen LogP contribution is -2.31. The first kappa shape index (κ1) is 15.7. The Labute approximate surface area is 150 Å². The highest BCUT2D eigenvalue weighted by Crippen LogP contribution is 2.41. The molecule has 1 aromatic carbocycles. The molecule has 0 saturated carbocycles. The van der Waals surface area contributed by atoms with Gasteiger partial charge < -0.3 is 11.1 Å². The molecule has 1 unspecified atom stereocenters. The van der Waals surface area contributed by atoms with E-state index in [0.29, 0.717) is 27.8 Å². The average Bonchev–Trinajstić information content (AvgIpc) is 2.56. The van der Waals surface area contributed by atoms with Crippen LogP contribution in [0.25, 0.3) is 0 Å². The first-order valence-corrected chi connectivity index (χ1v) is 8.86. The van der Waals surface area contributed by atoms with Crippen LogP contribution in [0.2, 0.25) is 10.0 Å². The Hall–Kier alpha value is -1.78. The second-order valence-electron chi connectivity index (χ2n) is 6.37. The van der Waals surface area contributed by atoms with Gasteiger partial charge in [0.05, 0.1) is 5.92 Å². The van der Waals surface area contributed by atoms with Gasteiger partial charge in [0.15, 0.2) is 0 Å². The summed E-state index contributed by atoms with van der Waals surface area (Å²) in [4.78, 5) is 17.3. The normalized spacial score (nSPS) is 19.4. The molecular weight excluding hydrogens is 345 g/mol. The number of rotatable bonds is 1. The Balaban J connectivity index is 1.81. The predicted molar refractivity (Wildman–Crippen MR) is 96.8 cm³/mol. The van der Waals surface area contributed by atoms with E-state index in [1.807, 2.05) is 0 Å². The molecule has 3 N–H and O–H groups in total. The van der Waals surface area contributed by atoms with Gasteiger partial charge in [-0.15, -0.1) is 0 Å². The summed E-state index contributed by atoms with van der Waals surface area (Å²) < 4.78 is 0. The lowest BCUT2D eigenvalue weighted by Gasteiger charge is -2.29. The second kappa shape index (κ2) is 5.94. The molecule has 1 aromatic heterocycles. The van der Waals surface area contributed by atoms with Crippen LogP contribution >= 0.6 is 23.2 Å². The van der Waals surface area contributed by atoms with E-state index >= 15 is 0 Å². The predicted octanol–water partition coefficient (Wildman–Crippen LogP) is 4.13. The molecule has 0 bridgehead atoms. The zero-order valence-electron chi connectivity index (χ0n) is 13.0. The molecular formula is C18H17Cl2N3O. The lowest BCUT2D eigenvalue weighted by atomic mass is 9.85. The van der Waals surface area contributed by atoms with E-state index in [0.717, 1.165) is 48.2 Å². The third kappa shape index (κ3) is 2.45. The maximum absolute atomic E-state index is 12.6. The fraction of sp³-hybridized carbons (Fsp3) is 0.333. The number of benzene rings is 1. The first-order chi connectivity index (χ1) is 11.6. The number of aromatic nitrogens is 1. The number of hydrogen-bond acceptors (Lipinski definition) is 3. The summed E-state index contributed by atoms with van der Waals surface area (Å²) in [6.07, 6.45) is 4.58. The molecule has 0 spiro atoms. The monoisotopic (exact) mass is 361 g/mol. The minimum absolute atomic E-state index is 0.139. The zero-order chi connectivity index (χ0) is 16.8. The molecule has 1 amide bonds. The molecule has 4 nitrogen and oxygen atoms in total. The van der Waals surface area contributed by atoms with Crippen LogP contribution in [0.15, 0.2) is 18.2 Å². The third-order valence-electron chi connectivity index (χ3n) is 4.94. The molecule has 6 heteroatoms. The number of pyridine rings is 1. The number of halogens is 2. The van der Waals surface area contributed by atoms with E-state index in [1.165, 1.54) is 0 Å². The number of hydrogen-bond donors (Lipinski definition) is 2. The summed E-state index contributed by atoms with van der Waals surface area (Å²) in [5.74, 6) is 0.00201. The Morgan fingerprint density at radius 2 is 1.83 bits per heavy atom. The van der Waals surface area contributed by atoms with Crippen molar-refractivity contribution in [2.45, 2.75) is 38.0 Å². The fourth-order valence-corrected chi connectivity index (χ4v) is 4.36.